The number of aliphatic hydroxyl groups is 1. The Kier molecular flexibility index (Phi) is 13.5. The number of carbonyl (C=O) groups excluding carboxylic acids is 2. The molecule has 1 unspecified atom stereocenters. The van der Waals surface area contributed by atoms with Gasteiger partial charge in [0, 0.05) is 61.7 Å². The Morgan fingerprint density at radius 3 is 2.48 bits per heavy atom. The van der Waals surface area contributed by atoms with Gasteiger partial charge in [0.2, 0.25) is 11.5 Å². The molecule has 52 heavy (non-hydrogen) atoms. The summed E-state index contributed by atoms with van der Waals surface area (Å²) in [7, 11) is 1.59. The number of anilines is 1. The highest BCUT2D eigenvalue weighted by molar-refractivity contribution is 6.23. The Morgan fingerprint density at radius 2 is 1.75 bits per heavy atom. The van der Waals surface area contributed by atoms with E-state index in [0.29, 0.717) is 42.5 Å². The van der Waals surface area contributed by atoms with E-state index in [2.05, 4.69) is 20.5 Å². The molecule has 1 saturated heterocycles. The number of rotatable bonds is 12. The zero-order chi connectivity index (χ0) is 37.0. The normalized spacial score (nSPS) is 16.6. The van der Waals surface area contributed by atoms with Crippen LogP contribution in [0.2, 0.25) is 0 Å². The van der Waals surface area contributed by atoms with E-state index in [1.807, 2.05) is 66.7 Å². The topological polar surface area (TPSA) is 179 Å². The fraction of sp³-hybridized carbons (Fsp3) is 0.308. The predicted molar refractivity (Wildman–Crippen MR) is 202 cm³/mol. The minimum Gasteiger partial charge on any atom is -0.506 e. The number of fused-ring (bicyclic) bond motifs is 1. The van der Waals surface area contributed by atoms with Gasteiger partial charge >= 0.3 is 6.09 Å². The second-order valence-electron chi connectivity index (χ2n) is 12.5. The number of nitrogens with one attached hydrogen (secondary N) is 3. The van der Waals surface area contributed by atoms with Gasteiger partial charge in [0.1, 0.15) is 17.6 Å². The maximum Gasteiger partial charge on any atom is 0.411 e. The van der Waals surface area contributed by atoms with Crippen molar-refractivity contribution < 1.29 is 29.3 Å². The molecular formula is C39H44ClN5O7. The van der Waals surface area contributed by atoms with Gasteiger partial charge in [0.05, 0.1) is 29.8 Å². The third-order valence-electron chi connectivity index (χ3n) is 8.86. The molecule has 3 aromatic carbocycles. The van der Waals surface area contributed by atoms with E-state index >= 15 is 0 Å². The van der Waals surface area contributed by atoms with Crippen LogP contribution in [0.1, 0.15) is 30.9 Å². The molecule has 13 heteroatoms. The summed E-state index contributed by atoms with van der Waals surface area (Å²) < 4.78 is 10.9. The van der Waals surface area contributed by atoms with Gasteiger partial charge in [-0.2, -0.15) is 0 Å². The maximum absolute atomic E-state index is 12.4. The number of aliphatic hydroxyl groups excluding tert-OH is 1. The molecule has 7 N–H and O–H groups in total. The second-order valence-corrected chi connectivity index (χ2v) is 13.0. The number of methoxy groups -OCH3 is 1. The van der Waals surface area contributed by atoms with Crippen molar-refractivity contribution in [1.29, 1.82) is 0 Å². The van der Waals surface area contributed by atoms with Crippen molar-refractivity contribution in [1.82, 2.24) is 15.2 Å². The smallest absolute Gasteiger partial charge is 0.411 e. The van der Waals surface area contributed by atoms with E-state index in [4.69, 9.17) is 26.8 Å². The number of phenolic OH excluding ortho intramolecular Hbond substituents is 1. The quantitative estimate of drug-likeness (QED) is 0.107. The number of primary amides is 1. The number of phenols is 1. The Morgan fingerprint density at radius 1 is 1.02 bits per heavy atom. The van der Waals surface area contributed by atoms with E-state index in [1.165, 1.54) is 12.1 Å². The summed E-state index contributed by atoms with van der Waals surface area (Å²) in [6.07, 6.45) is 4.23. The zero-order valence-electron chi connectivity index (χ0n) is 28.9. The van der Waals surface area contributed by atoms with Crippen LogP contribution in [0.3, 0.4) is 0 Å². The van der Waals surface area contributed by atoms with Gasteiger partial charge in [-0.1, -0.05) is 60.7 Å². The molecule has 2 amide bonds. The summed E-state index contributed by atoms with van der Waals surface area (Å²) in [6, 6.07) is 23.7. The maximum atomic E-state index is 12.4. The van der Waals surface area contributed by atoms with Crippen LogP contribution in [0.4, 0.5) is 10.5 Å². The number of hydrogen-bond acceptors (Lipinski definition) is 9. The lowest BCUT2D eigenvalue weighted by Gasteiger charge is -2.31. The van der Waals surface area contributed by atoms with Gasteiger partial charge in [0.15, 0.2) is 0 Å². The molecule has 1 aliphatic heterocycles. The number of aromatic amines is 1. The van der Waals surface area contributed by atoms with E-state index < -0.39 is 12.2 Å². The molecule has 12 nitrogen and oxygen atoms in total. The molecular weight excluding hydrogens is 686 g/mol. The van der Waals surface area contributed by atoms with Crippen LogP contribution in [0, 0.1) is 0 Å². The number of amides is 2. The molecule has 6 rings (SSSR count). The SMILES string of the molecule is COC1=CC(Cl)C=C1CNC[C@H](O)c1ccc(O)c2[nH]c(=O)ccc12.NC(=O)CCN1CCC(OC(=O)Nc2ccccc2-c2ccccc2)CC1. The van der Waals surface area contributed by atoms with Crippen LogP contribution >= 0.6 is 11.6 Å². The summed E-state index contributed by atoms with van der Waals surface area (Å²) in [6.45, 7) is 3.06. The van der Waals surface area contributed by atoms with Crippen LogP contribution < -0.4 is 21.9 Å². The summed E-state index contributed by atoms with van der Waals surface area (Å²) >= 11 is 6.05. The number of para-hydroxylation sites is 1. The number of ether oxygens (including phenoxy) is 2. The van der Waals surface area contributed by atoms with Crippen molar-refractivity contribution >= 4 is 40.2 Å². The highest BCUT2D eigenvalue weighted by Gasteiger charge is 2.23. The number of halogens is 1. The fourth-order valence-corrected chi connectivity index (χ4v) is 6.46. The second kappa shape index (κ2) is 18.4. The van der Waals surface area contributed by atoms with E-state index in [-0.39, 0.29) is 28.7 Å². The monoisotopic (exact) mass is 729 g/mol. The first-order valence-electron chi connectivity index (χ1n) is 17.1. The summed E-state index contributed by atoms with van der Waals surface area (Å²) in [5.41, 5.74) is 9.48. The van der Waals surface area contributed by atoms with Gasteiger partial charge < -0.3 is 40.6 Å². The molecule has 0 spiro atoms. The number of likely N-dealkylation sites (tertiary alicyclic amines) is 1. The van der Waals surface area contributed by atoms with E-state index in [1.54, 1.807) is 19.2 Å². The lowest BCUT2D eigenvalue weighted by molar-refractivity contribution is -0.118. The van der Waals surface area contributed by atoms with E-state index in [9.17, 15) is 24.6 Å². The molecule has 2 atom stereocenters. The van der Waals surface area contributed by atoms with Gasteiger partial charge in [-0.05, 0) is 48.2 Å². The van der Waals surface area contributed by atoms with Crippen LogP contribution in [0.25, 0.3) is 22.0 Å². The molecule has 1 fully saturated rings. The third-order valence-corrected chi connectivity index (χ3v) is 9.11. The van der Waals surface area contributed by atoms with E-state index in [0.717, 1.165) is 54.1 Å². The van der Waals surface area contributed by atoms with Crippen molar-refractivity contribution in [3.8, 4) is 16.9 Å². The van der Waals surface area contributed by atoms with Gasteiger partial charge in [0.25, 0.3) is 0 Å². The lowest BCUT2D eigenvalue weighted by Crippen LogP contribution is -2.39. The standard InChI is InChI=1S/C21H25N3O3.C18H19ClN2O4/c22-20(25)12-15-24-13-10-17(11-14-24)27-21(26)23-19-9-5-4-8-18(19)16-6-2-1-3-7-16;1-25-16-7-11(19)6-10(16)8-20-9-15(23)12-2-4-14(22)18-13(12)3-5-17(24)21-18/h1-9,17H,10-15H2,(H2,22,25)(H,23,26);2-7,11,15,20,22-23H,8-9H2,1H3,(H,21,24)/t;11?,15-/m.0/s1. The molecule has 0 radical (unpaired) electrons. The molecule has 274 valence electrons. The van der Waals surface area contributed by atoms with Crippen molar-refractivity contribution in [2.24, 2.45) is 5.73 Å². The number of nitrogens with two attached hydrogens (primary N) is 1. The van der Waals surface area contributed by atoms with Crippen LogP contribution in [0.15, 0.2) is 107 Å². The average Bonchev–Trinajstić information content (AvgIpc) is 3.51. The Balaban J connectivity index is 0.000000202. The lowest BCUT2D eigenvalue weighted by atomic mass is 10.0. The number of pyridine rings is 1. The number of H-pyrrole nitrogens is 1. The Bertz CT molecular complexity index is 1960. The minimum atomic E-state index is -0.808. The number of alkyl halides is 1. The highest BCUT2D eigenvalue weighted by atomic mass is 35.5. The van der Waals surface area contributed by atoms with Crippen LogP contribution in [0.5, 0.6) is 5.75 Å². The number of piperidine rings is 1. The van der Waals surface area contributed by atoms with Gasteiger partial charge in [-0.15, -0.1) is 11.6 Å². The number of hydrogen-bond donors (Lipinski definition) is 6. The number of aromatic nitrogens is 1. The number of carbonyl (C=O) groups is 2. The molecule has 2 heterocycles. The summed E-state index contributed by atoms with van der Waals surface area (Å²) in [4.78, 5) is 39.4. The van der Waals surface area contributed by atoms with Crippen molar-refractivity contribution in [3.05, 3.63) is 118 Å². The summed E-state index contributed by atoms with van der Waals surface area (Å²) in [5, 5.41) is 26.9. The third kappa shape index (κ3) is 10.5. The van der Waals surface area contributed by atoms with Crippen molar-refractivity contribution in [3.63, 3.8) is 0 Å². The number of nitrogens with zero attached hydrogens (tertiary/aromatic N) is 1. The molecule has 2 aliphatic rings. The first-order chi connectivity index (χ1) is 25.1. The molecule has 1 aliphatic carbocycles. The minimum absolute atomic E-state index is 0.0317. The number of allylic oxidation sites excluding steroid dienone is 2. The van der Waals surface area contributed by atoms with Crippen LogP contribution in [-0.2, 0) is 14.3 Å². The number of benzene rings is 3. The highest BCUT2D eigenvalue weighted by Crippen LogP contribution is 2.30. The zero-order valence-corrected chi connectivity index (χ0v) is 29.6. The largest absolute Gasteiger partial charge is 0.506 e. The first-order valence-corrected chi connectivity index (χ1v) is 17.5. The summed E-state index contributed by atoms with van der Waals surface area (Å²) in [5.74, 6) is 0.412. The average molecular weight is 730 g/mol. The Hall–Kier alpha value is -5.14. The van der Waals surface area contributed by atoms with Crippen molar-refractivity contribution in [2.75, 3.05) is 45.2 Å². The first kappa shape index (κ1) is 38.1. The fourth-order valence-electron chi connectivity index (χ4n) is 6.19. The molecule has 1 aromatic heterocycles. The van der Waals surface area contributed by atoms with Crippen LogP contribution in [-0.4, -0.2) is 83.4 Å². The van der Waals surface area contributed by atoms with Gasteiger partial charge in [-0.25, -0.2) is 4.79 Å². The van der Waals surface area contributed by atoms with Gasteiger partial charge in [-0.3, -0.25) is 14.9 Å². The predicted octanol–water partition coefficient (Wildman–Crippen LogP) is 5.18. The molecule has 0 saturated carbocycles. The van der Waals surface area contributed by atoms with Crippen molar-refractivity contribution in [2.45, 2.75) is 36.8 Å². The molecule has 0 bridgehead atoms. The molecule has 4 aromatic rings. The number of aromatic hydroxyl groups is 1. The Labute approximate surface area is 306 Å².